The molecule has 0 spiro atoms. The number of hydrogen-bond acceptors (Lipinski definition) is 3. The van der Waals surface area contributed by atoms with E-state index in [1.54, 1.807) is 19.2 Å². The van der Waals surface area contributed by atoms with Crippen LogP contribution < -0.4 is 4.74 Å². The molecule has 0 aromatic heterocycles. The number of nitriles is 1. The van der Waals surface area contributed by atoms with Crippen LogP contribution in [0.4, 0.5) is 4.39 Å². The zero-order valence-corrected chi connectivity index (χ0v) is 12.4. The van der Waals surface area contributed by atoms with Crippen LogP contribution in [0.3, 0.4) is 0 Å². The molecule has 2 aromatic carbocycles. The van der Waals surface area contributed by atoms with Crippen molar-refractivity contribution < 1.29 is 9.13 Å². The van der Waals surface area contributed by atoms with Crippen molar-refractivity contribution >= 4 is 27.7 Å². The van der Waals surface area contributed by atoms with E-state index in [1.165, 1.54) is 11.8 Å². The smallest absolute Gasteiger partial charge is 0.152 e. The van der Waals surface area contributed by atoms with Crippen LogP contribution in [0.15, 0.2) is 50.7 Å². The summed E-state index contributed by atoms with van der Waals surface area (Å²) in [5.41, 5.74) is 0.289. The zero-order chi connectivity index (χ0) is 13.8. The van der Waals surface area contributed by atoms with Gasteiger partial charge < -0.3 is 4.74 Å². The second-order valence-electron chi connectivity index (χ2n) is 3.63. The number of halogens is 2. The second kappa shape index (κ2) is 6.09. The Labute approximate surface area is 123 Å². The molecule has 19 heavy (non-hydrogen) atoms. The van der Waals surface area contributed by atoms with Crippen LogP contribution in [0, 0.1) is 17.1 Å². The first-order valence-corrected chi connectivity index (χ1v) is 6.96. The normalized spacial score (nSPS) is 10.0. The maximum Gasteiger partial charge on any atom is 0.152 e. The lowest BCUT2D eigenvalue weighted by Gasteiger charge is -2.06. The second-order valence-corrected chi connectivity index (χ2v) is 5.54. The molecule has 0 saturated carbocycles. The fourth-order valence-corrected chi connectivity index (χ4v) is 2.89. The molecule has 0 atom stereocenters. The Morgan fingerprint density at radius 2 is 1.89 bits per heavy atom. The minimum Gasteiger partial charge on any atom is -0.497 e. The lowest BCUT2D eigenvalue weighted by molar-refractivity contribution is 0.414. The highest BCUT2D eigenvalue weighted by atomic mass is 79.9. The Morgan fingerprint density at radius 3 is 2.47 bits per heavy atom. The van der Waals surface area contributed by atoms with Gasteiger partial charge in [0.25, 0.3) is 0 Å². The van der Waals surface area contributed by atoms with Gasteiger partial charge in [0, 0.05) is 9.79 Å². The predicted molar refractivity (Wildman–Crippen MR) is 75.9 cm³/mol. The summed E-state index contributed by atoms with van der Waals surface area (Å²) in [5.74, 6) is 0.339. The Bertz CT molecular complexity index is 637. The first-order valence-electron chi connectivity index (χ1n) is 5.35. The highest BCUT2D eigenvalue weighted by molar-refractivity contribution is 9.10. The lowest BCUT2D eigenvalue weighted by atomic mass is 10.2. The summed E-state index contributed by atoms with van der Waals surface area (Å²) in [6.45, 7) is 0. The minimum absolute atomic E-state index is 0.202. The van der Waals surface area contributed by atoms with Crippen LogP contribution in [-0.2, 0) is 0 Å². The van der Waals surface area contributed by atoms with Crippen molar-refractivity contribution in [2.75, 3.05) is 7.11 Å². The van der Waals surface area contributed by atoms with E-state index in [-0.39, 0.29) is 10.0 Å². The van der Waals surface area contributed by atoms with E-state index in [0.29, 0.717) is 4.90 Å². The van der Waals surface area contributed by atoms with Crippen LogP contribution in [-0.4, -0.2) is 7.11 Å². The molecule has 0 radical (unpaired) electrons. The molecule has 0 heterocycles. The fourth-order valence-electron chi connectivity index (χ4n) is 1.47. The number of nitrogens with zero attached hydrogens (tertiary/aromatic N) is 1. The maximum absolute atomic E-state index is 14.0. The van der Waals surface area contributed by atoms with E-state index in [0.717, 1.165) is 10.6 Å². The van der Waals surface area contributed by atoms with Gasteiger partial charge in [-0.25, -0.2) is 4.39 Å². The molecular formula is C14H9BrFNOS. The Hall–Kier alpha value is -1.51. The average molecular weight is 338 g/mol. The summed E-state index contributed by atoms with van der Waals surface area (Å²) >= 11 is 4.39. The van der Waals surface area contributed by atoms with Crippen LogP contribution in [0.2, 0.25) is 0 Å². The molecule has 2 nitrogen and oxygen atoms in total. The van der Waals surface area contributed by atoms with Gasteiger partial charge in [0.1, 0.15) is 11.8 Å². The summed E-state index contributed by atoms with van der Waals surface area (Å²) in [6, 6.07) is 12.5. The topological polar surface area (TPSA) is 33.0 Å². The standard InChI is InChI=1S/C14H9BrFNOS/c1-18-10-3-5-11(6-4-10)19-12-7-2-9(8-17)13(15)14(12)16/h2-7H,1H3. The zero-order valence-electron chi connectivity index (χ0n) is 9.98. The largest absolute Gasteiger partial charge is 0.497 e. The fraction of sp³-hybridized carbons (Fsp3) is 0.0714. The van der Waals surface area contributed by atoms with Crippen LogP contribution in [0.5, 0.6) is 5.75 Å². The summed E-state index contributed by atoms with van der Waals surface area (Å²) in [4.78, 5) is 1.37. The SMILES string of the molecule is COc1ccc(Sc2ccc(C#N)c(Br)c2F)cc1. The Morgan fingerprint density at radius 1 is 1.21 bits per heavy atom. The number of methoxy groups -OCH3 is 1. The van der Waals surface area contributed by atoms with Gasteiger partial charge in [-0.3, -0.25) is 0 Å². The maximum atomic E-state index is 14.0. The summed E-state index contributed by atoms with van der Waals surface area (Å²) in [5, 5.41) is 8.81. The molecule has 0 fully saturated rings. The van der Waals surface area contributed by atoms with Gasteiger partial charge in [-0.05, 0) is 52.3 Å². The van der Waals surface area contributed by atoms with E-state index < -0.39 is 5.82 Å². The van der Waals surface area contributed by atoms with E-state index in [9.17, 15) is 4.39 Å². The van der Waals surface area contributed by atoms with E-state index in [1.807, 2.05) is 30.3 Å². The minimum atomic E-state index is -0.417. The third kappa shape index (κ3) is 3.09. The van der Waals surface area contributed by atoms with Gasteiger partial charge in [0.05, 0.1) is 17.1 Å². The van der Waals surface area contributed by atoms with Crippen LogP contribution in [0.1, 0.15) is 5.56 Å². The molecule has 5 heteroatoms. The Balaban J connectivity index is 2.28. The predicted octanol–water partition coefficient (Wildman–Crippen LogP) is 4.62. The molecule has 0 N–H and O–H groups in total. The van der Waals surface area contributed by atoms with Gasteiger partial charge in [-0.1, -0.05) is 11.8 Å². The highest BCUT2D eigenvalue weighted by Crippen LogP contribution is 2.34. The molecule has 96 valence electrons. The molecule has 2 rings (SSSR count). The van der Waals surface area contributed by atoms with Gasteiger partial charge in [0.2, 0.25) is 0 Å². The molecule has 0 aliphatic heterocycles. The first-order chi connectivity index (χ1) is 9.15. The van der Waals surface area contributed by atoms with Gasteiger partial charge in [-0.2, -0.15) is 5.26 Å². The molecule has 0 amide bonds. The number of hydrogen-bond donors (Lipinski definition) is 0. The van der Waals surface area contributed by atoms with Gasteiger partial charge >= 0.3 is 0 Å². The van der Waals surface area contributed by atoms with E-state index in [4.69, 9.17) is 10.00 Å². The molecule has 0 unspecified atom stereocenters. The molecule has 0 bridgehead atoms. The first kappa shape index (κ1) is 13.9. The molecule has 0 aliphatic carbocycles. The van der Waals surface area contributed by atoms with Crippen molar-refractivity contribution in [2.24, 2.45) is 0 Å². The molecular weight excluding hydrogens is 329 g/mol. The summed E-state index contributed by atoms with van der Waals surface area (Å²) < 4.78 is 19.3. The molecule has 0 aliphatic rings. The third-order valence-electron chi connectivity index (χ3n) is 2.45. The summed E-state index contributed by atoms with van der Waals surface area (Å²) in [6.07, 6.45) is 0. The van der Waals surface area contributed by atoms with Crippen molar-refractivity contribution in [1.82, 2.24) is 0 Å². The Kier molecular flexibility index (Phi) is 4.46. The van der Waals surface area contributed by atoms with Crippen molar-refractivity contribution in [3.8, 4) is 11.8 Å². The van der Waals surface area contributed by atoms with Gasteiger partial charge in [-0.15, -0.1) is 0 Å². The van der Waals surface area contributed by atoms with Crippen molar-refractivity contribution in [3.63, 3.8) is 0 Å². The number of ether oxygens (including phenoxy) is 1. The average Bonchev–Trinajstić information content (AvgIpc) is 2.45. The highest BCUT2D eigenvalue weighted by Gasteiger charge is 2.12. The van der Waals surface area contributed by atoms with Crippen molar-refractivity contribution in [1.29, 1.82) is 5.26 Å². The molecule has 0 saturated heterocycles. The number of rotatable bonds is 3. The number of benzene rings is 2. The third-order valence-corrected chi connectivity index (χ3v) is 4.27. The lowest BCUT2D eigenvalue weighted by Crippen LogP contribution is -1.88. The van der Waals surface area contributed by atoms with Crippen LogP contribution in [0.25, 0.3) is 0 Å². The van der Waals surface area contributed by atoms with Crippen molar-refractivity contribution in [3.05, 3.63) is 52.3 Å². The monoisotopic (exact) mass is 337 g/mol. The van der Waals surface area contributed by atoms with E-state index >= 15 is 0 Å². The quantitative estimate of drug-likeness (QED) is 0.819. The van der Waals surface area contributed by atoms with E-state index in [2.05, 4.69) is 15.9 Å². The summed E-state index contributed by atoms with van der Waals surface area (Å²) in [7, 11) is 1.60. The van der Waals surface area contributed by atoms with Crippen LogP contribution >= 0.6 is 27.7 Å². The van der Waals surface area contributed by atoms with Gasteiger partial charge in [0.15, 0.2) is 5.82 Å². The van der Waals surface area contributed by atoms with Crippen molar-refractivity contribution in [2.45, 2.75) is 9.79 Å². The molecule has 2 aromatic rings.